The molecular weight excluding hydrogens is 404 g/mol. The number of imide groups is 1. The second-order valence-corrected chi connectivity index (χ2v) is 7.79. The van der Waals surface area contributed by atoms with Crippen molar-refractivity contribution in [2.24, 2.45) is 0 Å². The Morgan fingerprint density at radius 1 is 1.10 bits per heavy atom. The molecule has 3 amide bonds. The molecule has 0 bridgehead atoms. The van der Waals surface area contributed by atoms with Crippen molar-refractivity contribution in [3.8, 4) is 17.2 Å². The van der Waals surface area contributed by atoms with Crippen molar-refractivity contribution in [1.82, 2.24) is 14.9 Å². The first-order chi connectivity index (χ1) is 14.6. The third-order valence-electron chi connectivity index (χ3n) is 4.33. The number of ether oxygens (including phenoxy) is 2. The maximum atomic E-state index is 12.5. The first-order valence-corrected chi connectivity index (χ1v) is 10.2. The number of thioether (sulfide) groups is 1. The molecule has 2 heterocycles. The summed E-state index contributed by atoms with van der Waals surface area (Å²) in [4.78, 5) is 29.0. The third-order valence-corrected chi connectivity index (χ3v) is 5.41. The number of nitrogens with zero attached hydrogens (tertiary/aromatic N) is 2. The van der Waals surface area contributed by atoms with E-state index in [1.54, 1.807) is 31.3 Å². The zero-order chi connectivity index (χ0) is 20.9. The van der Waals surface area contributed by atoms with Crippen molar-refractivity contribution in [2.45, 2.75) is 17.3 Å². The number of imidazole rings is 1. The second-order valence-electron chi connectivity index (χ2n) is 6.48. The number of nitrogens with one attached hydrogen (secondary N) is 2. The van der Waals surface area contributed by atoms with Gasteiger partial charge in [0.15, 0.2) is 16.7 Å². The van der Waals surface area contributed by atoms with Gasteiger partial charge in [-0.3, -0.25) is 14.7 Å². The Kier molecular flexibility index (Phi) is 5.89. The molecule has 0 fully saturated rings. The highest BCUT2D eigenvalue weighted by molar-refractivity contribution is 8.00. The number of anilines is 1. The first kappa shape index (κ1) is 19.8. The Hall–Kier alpha value is -3.46. The Morgan fingerprint density at radius 2 is 1.87 bits per heavy atom. The first-order valence-electron chi connectivity index (χ1n) is 9.37. The summed E-state index contributed by atoms with van der Waals surface area (Å²) >= 11 is 1.27. The molecule has 0 saturated heterocycles. The zero-order valence-electron chi connectivity index (χ0n) is 16.2. The Labute approximate surface area is 177 Å². The normalized spacial score (nSPS) is 13.4. The fourth-order valence-electron chi connectivity index (χ4n) is 2.87. The van der Waals surface area contributed by atoms with E-state index >= 15 is 0 Å². The largest absolute Gasteiger partial charge is 0.486 e. The molecule has 30 heavy (non-hydrogen) atoms. The predicted molar refractivity (Wildman–Crippen MR) is 113 cm³/mol. The van der Waals surface area contributed by atoms with E-state index in [1.807, 2.05) is 41.1 Å². The summed E-state index contributed by atoms with van der Waals surface area (Å²) in [5.74, 6) is 0.766. The van der Waals surface area contributed by atoms with Gasteiger partial charge < -0.3 is 14.8 Å². The van der Waals surface area contributed by atoms with Crippen LogP contribution in [0.25, 0.3) is 5.69 Å². The number of rotatable bonds is 5. The minimum atomic E-state index is -0.615. The molecule has 1 aliphatic rings. The van der Waals surface area contributed by atoms with Gasteiger partial charge in [0, 0.05) is 29.8 Å². The Balaban J connectivity index is 1.35. The van der Waals surface area contributed by atoms with Crippen molar-refractivity contribution < 1.29 is 19.1 Å². The fourth-order valence-corrected chi connectivity index (χ4v) is 3.75. The van der Waals surface area contributed by atoms with Crippen LogP contribution in [0.15, 0.2) is 66.1 Å². The van der Waals surface area contributed by atoms with Crippen LogP contribution < -0.4 is 20.1 Å². The fraction of sp³-hybridized carbons (Fsp3) is 0.190. The molecular formula is C21H20N4O4S. The number of urea groups is 1. The maximum Gasteiger partial charge on any atom is 0.325 e. The maximum absolute atomic E-state index is 12.5. The smallest absolute Gasteiger partial charge is 0.325 e. The van der Waals surface area contributed by atoms with Gasteiger partial charge in [0.1, 0.15) is 13.2 Å². The Bertz CT molecular complexity index is 1050. The van der Waals surface area contributed by atoms with Gasteiger partial charge in [0.2, 0.25) is 5.91 Å². The molecule has 0 spiro atoms. The van der Waals surface area contributed by atoms with Crippen LogP contribution in [0.4, 0.5) is 10.5 Å². The standard InChI is InChI=1S/C21H20N4O4S/c1-14(30-21-22-9-10-25(21)16-5-3-2-4-6-16)19(26)24-20(27)23-15-7-8-17-18(13-15)29-12-11-28-17/h2-10,13-14H,11-12H2,1H3,(H2,23,24,26,27). The predicted octanol–water partition coefficient (Wildman–Crippen LogP) is 3.47. The number of hydrogen-bond acceptors (Lipinski definition) is 6. The number of carbonyl (C=O) groups is 2. The molecule has 1 unspecified atom stereocenters. The van der Waals surface area contributed by atoms with E-state index in [4.69, 9.17) is 9.47 Å². The molecule has 0 radical (unpaired) electrons. The number of para-hydroxylation sites is 1. The van der Waals surface area contributed by atoms with E-state index in [2.05, 4.69) is 15.6 Å². The lowest BCUT2D eigenvalue weighted by Crippen LogP contribution is -2.39. The number of amides is 3. The average Bonchev–Trinajstić information content (AvgIpc) is 3.22. The summed E-state index contributed by atoms with van der Waals surface area (Å²) in [7, 11) is 0. The molecule has 0 aliphatic carbocycles. The lowest BCUT2D eigenvalue weighted by molar-refractivity contribution is -0.119. The van der Waals surface area contributed by atoms with E-state index in [9.17, 15) is 9.59 Å². The van der Waals surface area contributed by atoms with Crippen LogP contribution in [0, 0.1) is 0 Å². The van der Waals surface area contributed by atoms with E-state index in [1.165, 1.54) is 11.8 Å². The summed E-state index contributed by atoms with van der Waals surface area (Å²) < 4.78 is 12.8. The van der Waals surface area contributed by atoms with Gasteiger partial charge in [-0.15, -0.1) is 0 Å². The highest BCUT2D eigenvalue weighted by Gasteiger charge is 2.20. The SMILES string of the molecule is CC(Sc1nccn1-c1ccccc1)C(=O)NC(=O)Nc1ccc2c(c1)OCCO2. The van der Waals surface area contributed by atoms with Crippen LogP contribution >= 0.6 is 11.8 Å². The number of carbonyl (C=O) groups excluding carboxylic acids is 2. The van der Waals surface area contributed by atoms with E-state index in [0.29, 0.717) is 35.6 Å². The van der Waals surface area contributed by atoms with E-state index in [-0.39, 0.29) is 0 Å². The van der Waals surface area contributed by atoms with Crippen LogP contribution in [-0.4, -0.2) is 40.0 Å². The van der Waals surface area contributed by atoms with Crippen molar-refractivity contribution in [3.63, 3.8) is 0 Å². The molecule has 1 atom stereocenters. The van der Waals surface area contributed by atoms with E-state index < -0.39 is 17.2 Å². The summed E-state index contributed by atoms with van der Waals surface area (Å²) in [5, 5.41) is 5.13. The monoisotopic (exact) mass is 424 g/mol. The van der Waals surface area contributed by atoms with Crippen LogP contribution in [0.2, 0.25) is 0 Å². The summed E-state index contributed by atoms with van der Waals surface area (Å²) in [6.07, 6.45) is 3.51. The topological polar surface area (TPSA) is 94.5 Å². The van der Waals surface area contributed by atoms with Crippen molar-refractivity contribution >= 4 is 29.4 Å². The average molecular weight is 424 g/mol. The molecule has 9 heteroatoms. The minimum absolute atomic E-state index is 0.419. The van der Waals surface area contributed by atoms with Crippen molar-refractivity contribution in [1.29, 1.82) is 0 Å². The van der Waals surface area contributed by atoms with Gasteiger partial charge in [-0.05, 0) is 31.2 Å². The summed E-state index contributed by atoms with van der Waals surface area (Å²) in [6.45, 7) is 2.67. The van der Waals surface area contributed by atoms with Gasteiger partial charge in [0.05, 0.1) is 5.25 Å². The van der Waals surface area contributed by atoms with Crippen LogP contribution in [0.1, 0.15) is 6.92 Å². The number of aromatic nitrogens is 2. The van der Waals surface area contributed by atoms with Crippen molar-refractivity contribution in [3.05, 3.63) is 60.9 Å². The lowest BCUT2D eigenvalue weighted by atomic mass is 10.2. The highest BCUT2D eigenvalue weighted by atomic mass is 32.2. The van der Waals surface area contributed by atoms with E-state index in [0.717, 1.165) is 5.69 Å². The molecule has 2 aromatic carbocycles. The van der Waals surface area contributed by atoms with Gasteiger partial charge in [-0.2, -0.15) is 0 Å². The van der Waals surface area contributed by atoms with Crippen LogP contribution in [0.3, 0.4) is 0 Å². The second kappa shape index (κ2) is 8.91. The Morgan fingerprint density at radius 3 is 2.67 bits per heavy atom. The van der Waals surface area contributed by atoms with Crippen LogP contribution in [-0.2, 0) is 4.79 Å². The van der Waals surface area contributed by atoms with Crippen LogP contribution in [0.5, 0.6) is 11.5 Å². The molecule has 1 aromatic heterocycles. The quantitative estimate of drug-likeness (QED) is 0.609. The number of benzene rings is 2. The molecule has 2 N–H and O–H groups in total. The molecule has 154 valence electrons. The zero-order valence-corrected chi connectivity index (χ0v) is 17.0. The minimum Gasteiger partial charge on any atom is -0.486 e. The molecule has 1 aliphatic heterocycles. The number of hydrogen-bond donors (Lipinski definition) is 2. The summed E-state index contributed by atoms with van der Waals surface area (Å²) in [6, 6.07) is 14.2. The van der Waals surface area contributed by atoms with Gasteiger partial charge in [0.25, 0.3) is 0 Å². The highest BCUT2D eigenvalue weighted by Crippen LogP contribution is 2.32. The van der Waals surface area contributed by atoms with Gasteiger partial charge >= 0.3 is 6.03 Å². The summed E-state index contributed by atoms with van der Waals surface area (Å²) in [5.41, 5.74) is 1.45. The molecule has 0 saturated carbocycles. The van der Waals surface area contributed by atoms with Crippen molar-refractivity contribution in [2.75, 3.05) is 18.5 Å². The third kappa shape index (κ3) is 4.57. The lowest BCUT2D eigenvalue weighted by Gasteiger charge is -2.19. The number of fused-ring (bicyclic) bond motifs is 1. The van der Waals surface area contributed by atoms with Gasteiger partial charge in [-0.1, -0.05) is 30.0 Å². The van der Waals surface area contributed by atoms with Gasteiger partial charge in [-0.25, -0.2) is 9.78 Å². The molecule has 3 aromatic rings. The molecule has 8 nitrogen and oxygen atoms in total. The molecule has 4 rings (SSSR count).